The quantitative estimate of drug-likeness (QED) is 0.852. The molecule has 1 aliphatic carbocycles. The van der Waals surface area contributed by atoms with Crippen molar-refractivity contribution in [1.29, 1.82) is 0 Å². The van der Waals surface area contributed by atoms with Crippen LogP contribution in [0.25, 0.3) is 0 Å². The third kappa shape index (κ3) is 3.31. The summed E-state index contributed by atoms with van der Waals surface area (Å²) in [5.41, 5.74) is 1.17. The normalized spacial score (nSPS) is 26.4. The highest BCUT2D eigenvalue weighted by atomic mass is 32.1. The number of aryl methyl sites for hydroxylation is 1. The van der Waals surface area contributed by atoms with Gasteiger partial charge in [-0.25, -0.2) is 0 Å². The largest absolute Gasteiger partial charge is 0.391 e. The smallest absolute Gasteiger partial charge is 0.313 e. The first-order valence-corrected chi connectivity index (χ1v) is 7.59. The van der Waals surface area contributed by atoms with Crippen molar-refractivity contribution in [2.45, 2.75) is 44.8 Å². The first-order chi connectivity index (χ1) is 8.93. The molecule has 1 nitrogen and oxygen atoms in total. The molecule has 3 atom stereocenters. The van der Waals surface area contributed by atoms with E-state index in [9.17, 15) is 13.2 Å². The number of hydrogen-bond donors (Lipinski definition) is 1. The lowest BCUT2D eigenvalue weighted by Gasteiger charge is -2.35. The second-order valence-corrected chi connectivity index (χ2v) is 6.48. The number of alkyl halides is 3. The van der Waals surface area contributed by atoms with Crippen LogP contribution in [0, 0.1) is 18.8 Å². The van der Waals surface area contributed by atoms with E-state index >= 15 is 0 Å². The highest BCUT2D eigenvalue weighted by Crippen LogP contribution is 2.44. The monoisotopic (exact) mass is 291 g/mol. The Morgan fingerprint density at radius 3 is 2.63 bits per heavy atom. The maximum Gasteiger partial charge on any atom is 0.391 e. The minimum Gasteiger partial charge on any atom is -0.313 e. The third-order valence-electron chi connectivity index (χ3n) is 4.19. The van der Waals surface area contributed by atoms with Gasteiger partial charge in [-0.1, -0.05) is 6.42 Å². The number of nitrogens with one attached hydrogen (secondary N) is 1. The van der Waals surface area contributed by atoms with Gasteiger partial charge in [-0.15, -0.1) is 11.3 Å². The lowest BCUT2D eigenvalue weighted by Crippen LogP contribution is -2.34. The summed E-state index contributed by atoms with van der Waals surface area (Å²) in [5.74, 6) is -1.04. The minimum atomic E-state index is -4.04. The number of hydrogen-bond acceptors (Lipinski definition) is 2. The lowest BCUT2D eigenvalue weighted by molar-refractivity contribution is -0.186. The topological polar surface area (TPSA) is 12.0 Å². The Morgan fingerprint density at radius 1 is 1.37 bits per heavy atom. The van der Waals surface area contributed by atoms with Crippen molar-refractivity contribution in [3.05, 3.63) is 21.9 Å². The maximum absolute atomic E-state index is 12.9. The first kappa shape index (κ1) is 14.9. The molecule has 1 N–H and O–H groups in total. The molecule has 1 fully saturated rings. The summed E-state index contributed by atoms with van der Waals surface area (Å²) in [6, 6.07) is 2.09. The fourth-order valence-electron chi connectivity index (χ4n) is 3.19. The predicted molar refractivity (Wildman–Crippen MR) is 72.4 cm³/mol. The lowest BCUT2D eigenvalue weighted by atomic mass is 9.76. The van der Waals surface area contributed by atoms with Crippen molar-refractivity contribution < 1.29 is 13.2 Å². The van der Waals surface area contributed by atoms with Gasteiger partial charge in [0.05, 0.1) is 5.92 Å². The second kappa shape index (κ2) is 5.83. The molecular weight excluding hydrogens is 271 g/mol. The summed E-state index contributed by atoms with van der Waals surface area (Å²) in [6.45, 7) is 2.04. The van der Waals surface area contributed by atoms with Gasteiger partial charge >= 0.3 is 6.18 Å². The summed E-state index contributed by atoms with van der Waals surface area (Å²) in [6.07, 6.45) is -1.94. The van der Waals surface area contributed by atoms with Crippen molar-refractivity contribution in [1.82, 2.24) is 5.32 Å². The van der Waals surface area contributed by atoms with Gasteiger partial charge in [-0.2, -0.15) is 13.2 Å². The molecule has 0 amide bonds. The molecule has 5 heteroatoms. The summed E-state index contributed by atoms with van der Waals surface area (Å²) in [4.78, 5) is 1.20. The van der Waals surface area contributed by atoms with Crippen LogP contribution in [0.5, 0.6) is 0 Å². The molecular formula is C14H20F3NS. The van der Waals surface area contributed by atoms with Gasteiger partial charge in [0, 0.05) is 10.9 Å². The molecule has 2 rings (SSSR count). The molecule has 0 bridgehead atoms. The van der Waals surface area contributed by atoms with E-state index in [0.717, 1.165) is 6.42 Å². The average molecular weight is 291 g/mol. The molecule has 0 aliphatic heterocycles. The van der Waals surface area contributed by atoms with E-state index in [-0.39, 0.29) is 18.4 Å². The van der Waals surface area contributed by atoms with Gasteiger partial charge in [0.2, 0.25) is 0 Å². The van der Waals surface area contributed by atoms with Gasteiger partial charge in [-0.05, 0) is 56.2 Å². The molecule has 1 aromatic heterocycles. The van der Waals surface area contributed by atoms with Crippen LogP contribution in [0.4, 0.5) is 13.2 Å². The fourth-order valence-corrected chi connectivity index (χ4v) is 3.94. The summed E-state index contributed by atoms with van der Waals surface area (Å²) in [5, 5.41) is 5.24. The first-order valence-electron chi connectivity index (χ1n) is 6.71. The standard InChI is InChI=1S/C14H20F3NS/c1-9-12(6-7-19-9)13(18-2)10-4-3-5-11(8-10)14(15,16)17/h6-7,10-11,13,18H,3-5,8H2,1-2H3. The Balaban J connectivity index is 2.13. The summed E-state index contributed by atoms with van der Waals surface area (Å²) in [7, 11) is 1.85. The van der Waals surface area contributed by atoms with Gasteiger partial charge < -0.3 is 5.32 Å². The second-order valence-electron chi connectivity index (χ2n) is 5.36. The van der Waals surface area contributed by atoms with Gasteiger partial charge in [0.1, 0.15) is 0 Å². The van der Waals surface area contributed by atoms with Crippen molar-refractivity contribution in [2.75, 3.05) is 7.05 Å². The van der Waals surface area contributed by atoms with E-state index in [1.807, 2.05) is 25.4 Å². The maximum atomic E-state index is 12.9. The fraction of sp³-hybridized carbons (Fsp3) is 0.714. The summed E-state index contributed by atoms with van der Waals surface area (Å²) >= 11 is 1.66. The van der Waals surface area contributed by atoms with E-state index in [0.29, 0.717) is 12.8 Å². The molecule has 108 valence electrons. The predicted octanol–water partition coefficient (Wildman–Crippen LogP) is 4.69. The molecule has 1 saturated carbocycles. The van der Waals surface area contributed by atoms with E-state index in [1.165, 1.54) is 10.4 Å². The molecule has 3 unspecified atom stereocenters. The van der Waals surface area contributed by atoms with Crippen molar-refractivity contribution in [3.8, 4) is 0 Å². The van der Waals surface area contributed by atoms with E-state index < -0.39 is 12.1 Å². The van der Waals surface area contributed by atoms with Crippen LogP contribution in [0.3, 0.4) is 0 Å². The van der Waals surface area contributed by atoms with Crippen LogP contribution >= 0.6 is 11.3 Å². The molecule has 0 saturated heterocycles. The van der Waals surface area contributed by atoms with Crippen LogP contribution < -0.4 is 5.32 Å². The van der Waals surface area contributed by atoms with Crippen LogP contribution in [-0.4, -0.2) is 13.2 Å². The SMILES string of the molecule is CNC(c1ccsc1C)C1CCCC(C(F)(F)F)C1. The number of thiophene rings is 1. The Hall–Kier alpha value is -0.550. The third-order valence-corrected chi connectivity index (χ3v) is 5.06. The van der Waals surface area contributed by atoms with Gasteiger partial charge in [0.15, 0.2) is 0 Å². The molecule has 0 radical (unpaired) electrons. The van der Waals surface area contributed by atoms with Gasteiger partial charge in [0.25, 0.3) is 0 Å². The summed E-state index contributed by atoms with van der Waals surface area (Å²) < 4.78 is 38.7. The number of rotatable bonds is 3. The van der Waals surface area contributed by atoms with Crippen LogP contribution in [0.15, 0.2) is 11.4 Å². The molecule has 1 aromatic rings. The van der Waals surface area contributed by atoms with Crippen molar-refractivity contribution in [3.63, 3.8) is 0 Å². The molecule has 19 heavy (non-hydrogen) atoms. The highest BCUT2D eigenvalue weighted by molar-refractivity contribution is 7.10. The zero-order valence-corrected chi connectivity index (χ0v) is 12.1. The molecule has 0 aromatic carbocycles. The van der Waals surface area contributed by atoms with E-state index in [1.54, 1.807) is 11.3 Å². The van der Waals surface area contributed by atoms with Crippen LogP contribution in [0.1, 0.15) is 42.2 Å². The zero-order valence-electron chi connectivity index (χ0n) is 11.3. The van der Waals surface area contributed by atoms with E-state index in [2.05, 4.69) is 5.32 Å². The molecule has 0 spiro atoms. The minimum absolute atomic E-state index is 0.0522. The zero-order chi connectivity index (χ0) is 14.0. The Bertz CT molecular complexity index is 413. The van der Waals surface area contributed by atoms with E-state index in [4.69, 9.17) is 0 Å². The Kier molecular flexibility index (Phi) is 4.56. The van der Waals surface area contributed by atoms with Crippen molar-refractivity contribution >= 4 is 11.3 Å². The Labute approximate surface area is 116 Å². The van der Waals surface area contributed by atoms with Crippen LogP contribution in [-0.2, 0) is 0 Å². The number of halogens is 3. The highest BCUT2D eigenvalue weighted by Gasteiger charge is 2.43. The average Bonchev–Trinajstić information content (AvgIpc) is 2.76. The van der Waals surface area contributed by atoms with Crippen LogP contribution in [0.2, 0.25) is 0 Å². The Morgan fingerprint density at radius 2 is 2.11 bits per heavy atom. The molecule has 1 aliphatic rings. The van der Waals surface area contributed by atoms with Crippen molar-refractivity contribution in [2.24, 2.45) is 11.8 Å². The molecule has 1 heterocycles. The van der Waals surface area contributed by atoms with Gasteiger partial charge in [-0.3, -0.25) is 0 Å².